The fourth-order valence-electron chi connectivity index (χ4n) is 0.678. The smallest absolute Gasteiger partial charge is 0.445 e. The number of rotatable bonds is 1. The van der Waals surface area contributed by atoms with Crippen LogP contribution in [0.3, 0.4) is 0 Å². The summed E-state index contributed by atoms with van der Waals surface area (Å²) in [4.78, 5) is 2.96. The molecule has 0 saturated heterocycles. The number of nitrogens with zero attached hydrogens (tertiary/aromatic N) is 1. The van der Waals surface area contributed by atoms with Crippen LogP contribution < -0.4 is 56.8 Å². The van der Waals surface area contributed by atoms with Crippen LogP contribution in [-0.4, -0.2) is 12.0 Å². The van der Waals surface area contributed by atoms with Gasteiger partial charge in [-0.3, -0.25) is 0 Å². The Morgan fingerprint density at radius 2 is 1.85 bits per heavy atom. The Morgan fingerprint density at radius 3 is 2.23 bits per heavy atom. The van der Waals surface area contributed by atoms with Crippen molar-refractivity contribution in [1.82, 2.24) is 4.98 Å². The van der Waals surface area contributed by atoms with E-state index in [0.717, 1.165) is 0 Å². The normalized spacial score (nSPS) is 10.8. The van der Waals surface area contributed by atoms with Crippen LogP contribution >= 0.6 is 11.6 Å². The maximum atomic E-state index is 12.2. The first kappa shape index (κ1) is 13.9. The molecule has 0 saturated carbocycles. The first-order valence-corrected chi connectivity index (χ1v) is 3.30. The molecule has 1 aromatic heterocycles. The van der Waals surface area contributed by atoms with Gasteiger partial charge in [0.25, 0.3) is 0 Å². The first-order chi connectivity index (χ1) is 5.41. The summed E-state index contributed by atoms with van der Waals surface area (Å²) in [7, 11) is 0. The molecule has 0 amide bonds. The largest absolute Gasteiger partial charge is 1.00 e. The van der Waals surface area contributed by atoms with E-state index >= 15 is 0 Å². The summed E-state index contributed by atoms with van der Waals surface area (Å²) >= 11 is 5.15. The minimum absolute atomic E-state index is 0. The molecule has 0 radical (unpaired) electrons. The van der Waals surface area contributed by atoms with Crippen LogP contribution in [-0.2, 0) is 0 Å². The third-order valence-electron chi connectivity index (χ3n) is 1.20. The van der Waals surface area contributed by atoms with E-state index in [1.165, 1.54) is 0 Å². The van der Waals surface area contributed by atoms with Gasteiger partial charge in [0, 0.05) is 11.2 Å². The predicted octanol–water partition coefficient (Wildman–Crippen LogP) is -1.07. The topological polar surface area (TPSA) is 12.9 Å². The van der Waals surface area contributed by atoms with Crippen LogP contribution in [0.5, 0.6) is 0 Å². The molecule has 8 heteroatoms. The Balaban J connectivity index is 0.00000144. The minimum Gasteiger partial charge on any atom is -0.445 e. The average Bonchev–Trinajstić information content (AvgIpc) is 1.92. The molecule has 1 heterocycles. The molecular weight excluding hydrogens is 235 g/mol. The monoisotopic (exact) mass is 237 g/mol. The van der Waals surface area contributed by atoms with Gasteiger partial charge in [0.05, 0.1) is 0 Å². The van der Waals surface area contributed by atoms with Crippen molar-refractivity contribution in [3.05, 3.63) is 23.2 Å². The van der Waals surface area contributed by atoms with E-state index in [4.69, 9.17) is 11.6 Å². The van der Waals surface area contributed by atoms with Gasteiger partial charge in [-0.15, -0.1) is 0 Å². The van der Waals surface area contributed by atoms with Crippen molar-refractivity contribution in [3.8, 4) is 0 Å². The summed E-state index contributed by atoms with van der Waals surface area (Å²) < 4.78 is 48.3. The molecule has 0 atom stereocenters. The fraction of sp³-hybridized carbons (Fsp3) is 0. The zero-order valence-corrected chi connectivity index (χ0v) is 10.4. The molecule has 66 valence electrons. The zero-order valence-electron chi connectivity index (χ0n) is 6.57. The van der Waals surface area contributed by atoms with Crippen LogP contribution in [0.1, 0.15) is 0 Å². The maximum Gasteiger partial charge on any atom is 1.00 e. The van der Waals surface area contributed by atoms with Crippen LogP contribution in [0.25, 0.3) is 0 Å². The zero-order chi connectivity index (χ0) is 9.35. The minimum atomic E-state index is -5.26. The van der Waals surface area contributed by atoms with Gasteiger partial charge in [0.1, 0.15) is 0 Å². The summed E-state index contributed by atoms with van der Waals surface area (Å²) in [5.74, 6) is -1.19. The molecule has 0 fully saturated rings. The second-order valence-electron chi connectivity index (χ2n) is 2.10. The maximum absolute atomic E-state index is 12.2. The molecule has 0 aliphatic carbocycles. The van der Waals surface area contributed by atoms with Crippen molar-refractivity contribution in [1.29, 1.82) is 0 Å². The van der Waals surface area contributed by atoms with Crippen molar-refractivity contribution >= 4 is 24.0 Å². The van der Waals surface area contributed by atoms with Gasteiger partial charge < -0.3 is 12.9 Å². The molecule has 0 unspecified atom stereocenters. The molecule has 0 N–H and O–H groups in total. The first-order valence-electron chi connectivity index (χ1n) is 2.92. The Bertz CT molecular complexity index is 305. The van der Waals surface area contributed by atoms with Crippen LogP contribution in [0, 0.1) is 5.95 Å². The summed E-state index contributed by atoms with van der Waals surface area (Å²) in [6.07, 6.45) is 0.640. The molecule has 1 aromatic rings. The Labute approximate surface area is 119 Å². The Morgan fingerprint density at radius 1 is 1.31 bits per heavy atom. The quantitative estimate of drug-likeness (QED) is 0.344. The summed E-state index contributed by atoms with van der Waals surface area (Å²) in [5, 5.41) is -0.580. The van der Waals surface area contributed by atoms with Crippen molar-refractivity contribution in [2.24, 2.45) is 0 Å². The van der Waals surface area contributed by atoms with Gasteiger partial charge in [-0.25, -0.2) is 4.98 Å². The molecule has 0 aliphatic heterocycles. The average molecular weight is 237 g/mol. The second-order valence-corrected chi connectivity index (χ2v) is 2.51. The second kappa shape index (κ2) is 5.09. The number of hydrogen-bond acceptors (Lipinski definition) is 1. The van der Waals surface area contributed by atoms with E-state index in [2.05, 4.69) is 4.98 Å². The standard InChI is InChI=1S/C5H2BClF4N.K/c7-4-2-12-5(8)1-3(4)6(9,10)11;/h1-2H;/q-1;+1. The van der Waals surface area contributed by atoms with Gasteiger partial charge in [0.2, 0.25) is 5.95 Å². The Hall–Kier alpha value is 0.861. The molecule has 0 aromatic carbocycles. The number of aromatic nitrogens is 1. The summed E-state index contributed by atoms with van der Waals surface area (Å²) in [6.45, 7) is -5.26. The third kappa shape index (κ3) is 3.85. The van der Waals surface area contributed by atoms with Gasteiger partial charge in [-0.1, -0.05) is 17.1 Å². The molecule has 13 heavy (non-hydrogen) atoms. The van der Waals surface area contributed by atoms with E-state index in [-0.39, 0.29) is 57.5 Å². The molecule has 0 spiro atoms. The Kier molecular flexibility index (Phi) is 5.42. The molecule has 0 aliphatic rings. The van der Waals surface area contributed by atoms with Crippen molar-refractivity contribution < 1.29 is 68.7 Å². The van der Waals surface area contributed by atoms with Crippen LogP contribution in [0.15, 0.2) is 12.3 Å². The van der Waals surface area contributed by atoms with Crippen molar-refractivity contribution in [2.75, 3.05) is 0 Å². The fourth-order valence-corrected chi connectivity index (χ4v) is 0.905. The molecule has 0 bridgehead atoms. The van der Waals surface area contributed by atoms with E-state index in [1.54, 1.807) is 0 Å². The van der Waals surface area contributed by atoms with E-state index < -0.39 is 23.4 Å². The van der Waals surface area contributed by atoms with Crippen LogP contribution in [0.4, 0.5) is 17.3 Å². The summed E-state index contributed by atoms with van der Waals surface area (Å²) in [6, 6.07) is 0.280. The number of halogens is 5. The van der Waals surface area contributed by atoms with Gasteiger partial charge in [-0.05, 0) is 6.07 Å². The molecular formula is C5H2BClF4KN. The third-order valence-corrected chi connectivity index (χ3v) is 1.52. The van der Waals surface area contributed by atoms with Crippen molar-refractivity contribution in [3.63, 3.8) is 0 Å². The van der Waals surface area contributed by atoms with Crippen molar-refractivity contribution in [2.45, 2.75) is 0 Å². The van der Waals surface area contributed by atoms with E-state index in [1.807, 2.05) is 0 Å². The van der Waals surface area contributed by atoms with Gasteiger partial charge in [-0.2, -0.15) is 4.39 Å². The molecule has 1 rings (SSSR count). The predicted molar refractivity (Wildman–Crippen MR) is 37.9 cm³/mol. The van der Waals surface area contributed by atoms with E-state index in [0.29, 0.717) is 6.20 Å². The van der Waals surface area contributed by atoms with E-state index in [9.17, 15) is 17.3 Å². The number of hydrogen-bond donors (Lipinski definition) is 0. The number of pyridine rings is 1. The molecule has 1 nitrogen and oxygen atoms in total. The van der Waals surface area contributed by atoms with Gasteiger partial charge in [0.15, 0.2) is 0 Å². The van der Waals surface area contributed by atoms with Gasteiger partial charge >= 0.3 is 58.4 Å². The SMILES string of the molecule is Fc1cc([B-](F)(F)F)c(Cl)cn1.[K+]. The summed E-state index contributed by atoms with van der Waals surface area (Å²) in [5.41, 5.74) is -1.15. The van der Waals surface area contributed by atoms with Crippen LogP contribution in [0.2, 0.25) is 5.02 Å².